The highest BCUT2D eigenvalue weighted by Crippen LogP contribution is 2.32. The molecule has 132 valence electrons. The van der Waals surface area contributed by atoms with Crippen molar-refractivity contribution in [3.05, 3.63) is 60.2 Å². The molecular formula is C21H25NOS2. The van der Waals surface area contributed by atoms with Gasteiger partial charge in [-0.1, -0.05) is 68.1 Å². The van der Waals surface area contributed by atoms with Crippen LogP contribution in [-0.4, -0.2) is 17.3 Å². The smallest absolute Gasteiger partial charge is 0.151 e. The van der Waals surface area contributed by atoms with Gasteiger partial charge in [-0.3, -0.25) is 0 Å². The van der Waals surface area contributed by atoms with Gasteiger partial charge in [0.1, 0.15) is 0 Å². The average molecular weight is 372 g/mol. The molecule has 1 heterocycles. The lowest BCUT2D eigenvalue weighted by Crippen LogP contribution is -2.14. The summed E-state index contributed by atoms with van der Waals surface area (Å²) in [5.41, 5.74) is 2.36. The summed E-state index contributed by atoms with van der Waals surface area (Å²) in [4.78, 5) is 4.73. The highest BCUT2D eigenvalue weighted by Gasteiger charge is 2.15. The van der Waals surface area contributed by atoms with Crippen LogP contribution in [0.4, 0.5) is 0 Å². The Morgan fingerprint density at radius 3 is 2.56 bits per heavy atom. The van der Waals surface area contributed by atoms with E-state index in [-0.39, 0.29) is 0 Å². The number of fused-ring (bicyclic) bond motifs is 1. The summed E-state index contributed by atoms with van der Waals surface area (Å²) < 4.78 is 8.33. The van der Waals surface area contributed by atoms with Crippen molar-refractivity contribution in [3.8, 4) is 0 Å². The molecule has 0 aliphatic carbocycles. The lowest BCUT2D eigenvalue weighted by Gasteiger charge is -2.19. The summed E-state index contributed by atoms with van der Waals surface area (Å²) >= 11 is 3.69. The number of nitrogens with zero attached hydrogens (tertiary/aromatic N) is 1. The Balaban J connectivity index is 1.46. The molecule has 0 bridgehead atoms. The van der Waals surface area contributed by atoms with Crippen LogP contribution in [0.5, 0.6) is 0 Å². The van der Waals surface area contributed by atoms with Gasteiger partial charge < -0.3 is 4.74 Å². The number of hydrogen-bond donors (Lipinski definition) is 0. The van der Waals surface area contributed by atoms with Gasteiger partial charge in [-0.2, -0.15) is 0 Å². The highest BCUT2D eigenvalue weighted by molar-refractivity contribution is 8.01. The van der Waals surface area contributed by atoms with Crippen LogP contribution in [0.1, 0.15) is 25.8 Å². The van der Waals surface area contributed by atoms with Crippen molar-refractivity contribution in [1.29, 1.82) is 0 Å². The fourth-order valence-electron chi connectivity index (χ4n) is 2.70. The van der Waals surface area contributed by atoms with E-state index < -0.39 is 0 Å². The second kappa shape index (κ2) is 9.37. The van der Waals surface area contributed by atoms with Gasteiger partial charge in [0, 0.05) is 12.4 Å². The quantitative estimate of drug-likeness (QED) is 0.327. The van der Waals surface area contributed by atoms with E-state index in [2.05, 4.69) is 62.4 Å². The summed E-state index contributed by atoms with van der Waals surface area (Å²) in [7, 11) is 0. The van der Waals surface area contributed by atoms with Gasteiger partial charge in [0.15, 0.2) is 4.34 Å². The van der Waals surface area contributed by atoms with Crippen molar-refractivity contribution in [3.63, 3.8) is 0 Å². The third-order valence-corrected chi connectivity index (χ3v) is 6.75. The number of hydrogen-bond acceptors (Lipinski definition) is 4. The fraction of sp³-hybridized carbons (Fsp3) is 0.381. The molecule has 0 fully saturated rings. The van der Waals surface area contributed by atoms with E-state index >= 15 is 0 Å². The van der Waals surface area contributed by atoms with Gasteiger partial charge in [-0.25, -0.2) is 4.98 Å². The van der Waals surface area contributed by atoms with Crippen LogP contribution in [0, 0.1) is 11.8 Å². The van der Waals surface area contributed by atoms with Crippen molar-refractivity contribution in [2.75, 3.05) is 12.4 Å². The van der Waals surface area contributed by atoms with Gasteiger partial charge >= 0.3 is 0 Å². The van der Waals surface area contributed by atoms with Crippen molar-refractivity contribution < 1.29 is 4.74 Å². The predicted molar refractivity (Wildman–Crippen MR) is 109 cm³/mol. The zero-order chi connectivity index (χ0) is 17.5. The zero-order valence-electron chi connectivity index (χ0n) is 14.9. The van der Waals surface area contributed by atoms with Gasteiger partial charge in [-0.05, 0) is 36.0 Å². The lowest BCUT2D eigenvalue weighted by atomic mass is 9.95. The van der Waals surface area contributed by atoms with Crippen molar-refractivity contribution in [1.82, 2.24) is 4.98 Å². The maximum Gasteiger partial charge on any atom is 0.151 e. The second-order valence-electron chi connectivity index (χ2n) is 6.59. The molecule has 0 saturated carbocycles. The summed E-state index contributed by atoms with van der Waals surface area (Å²) in [5.74, 6) is 2.40. The molecule has 3 aromatic rings. The molecule has 4 heteroatoms. The first kappa shape index (κ1) is 18.4. The lowest BCUT2D eigenvalue weighted by molar-refractivity contribution is 0.104. The Bertz CT molecular complexity index is 737. The fourth-order valence-corrected chi connectivity index (χ4v) is 5.18. The number of para-hydroxylation sites is 1. The average Bonchev–Trinajstić information content (AvgIpc) is 3.04. The van der Waals surface area contributed by atoms with Crippen LogP contribution < -0.4 is 0 Å². The van der Waals surface area contributed by atoms with Crippen LogP contribution in [0.3, 0.4) is 0 Å². The van der Waals surface area contributed by atoms with Crippen LogP contribution in [0.2, 0.25) is 0 Å². The maximum absolute atomic E-state index is 5.88. The highest BCUT2D eigenvalue weighted by atomic mass is 32.2. The Hall–Kier alpha value is -1.36. The maximum atomic E-state index is 5.88. The molecule has 1 aromatic heterocycles. The molecule has 0 spiro atoms. The SMILES string of the molecule is CC(C)[C@@H](CCOCc1ccccc1)CSc1nc2ccccc2s1. The number of aromatic nitrogens is 1. The number of ether oxygens (including phenoxy) is 1. The van der Waals surface area contributed by atoms with Gasteiger partial charge in [-0.15, -0.1) is 11.3 Å². The molecule has 2 aromatic carbocycles. The number of rotatable bonds is 9. The first-order chi connectivity index (χ1) is 12.2. The van der Waals surface area contributed by atoms with Crippen LogP contribution in [0.15, 0.2) is 58.9 Å². The second-order valence-corrected chi connectivity index (χ2v) is 8.89. The van der Waals surface area contributed by atoms with E-state index in [1.165, 1.54) is 14.6 Å². The van der Waals surface area contributed by atoms with Crippen molar-refractivity contribution in [2.45, 2.75) is 31.2 Å². The topological polar surface area (TPSA) is 22.1 Å². The van der Waals surface area contributed by atoms with E-state index in [1.54, 1.807) is 11.3 Å². The first-order valence-electron chi connectivity index (χ1n) is 8.82. The van der Waals surface area contributed by atoms with E-state index in [0.717, 1.165) is 24.3 Å². The summed E-state index contributed by atoms with van der Waals surface area (Å²) in [6.45, 7) is 6.14. The Morgan fingerprint density at radius 1 is 1.04 bits per heavy atom. The standard InChI is InChI=1S/C21H25NOS2/c1-16(2)18(12-13-23-14-17-8-4-3-5-9-17)15-24-21-22-19-10-6-7-11-20(19)25-21/h3-11,16,18H,12-15H2,1-2H3/t18-/m0/s1. The first-order valence-corrected chi connectivity index (χ1v) is 10.6. The van der Waals surface area contributed by atoms with Gasteiger partial charge in [0.2, 0.25) is 0 Å². The molecule has 0 radical (unpaired) electrons. The summed E-state index contributed by atoms with van der Waals surface area (Å²) in [5, 5.41) is 0. The number of thioether (sulfide) groups is 1. The zero-order valence-corrected chi connectivity index (χ0v) is 16.5. The van der Waals surface area contributed by atoms with Gasteiger partial charge in [0.05, 0.1) is 16.8 Å². The molecule has 2 nitrogen and oxygen atoms in total. The molecule has 0 saturated heterocycles. The third-order valence-electron chi connectivity index (χ3n) is 4.38. The molecule has 25 heavy (non-hydrogen) atoms. The summed E-state index contributed by atoms with van der Waals surface area (Å²) in [6.07, 6.45) is 1.10. The number of thiazole rings is 1. The minimum absolute atomic E-state index is 0.646. The van der Waals surface area contributed by atoms with Crippen molar-refractivity contribution in [2.24, 2.45) is 11.8 Å². The van der Waals surface area contributed by atoms with E-state index in [4.69, 9.17) is 9.72 Å². The van der Waals surface area contributed by atoms with Crippen LogP contribution in [0.25, 0.3) is 10.2 Å². The molecule has 0 unspecified atom stereocenters. The monoisotopic (exact) mass is 371 g/mol. The van der Waals surface area contributed by atoms with Gasteiger partial charge in [0.25, 0.3) is 0 Å². The Morgan fingerprint density at radius 2 is 1.80 bits per heavy atom. The molecule has 0 aliphatic rings. The Labute approximate surface area is 158 Å². The summed E-state index contributed by atoms with van der Waals surface area (Å²) in [6, 6.07) is 18.8. The minimum atomic E-state index is 0.646. The third kappa shape index (κ3) is 5.56. The minimum Gasteiger partial charge on any atom is -0.377 e. The molecular weight excluding hydrogens is 346 g/mol. The van der Waals surface area contributed by atoms with E-state index in [0.29, 0.717) is 18.4 Å². The van der Waals surface area contributed by atoms with E-state index in [1.807, 2.05) is 17.8 Å². The Kier molecular flexibility index (Phi) is 6.91. The normalized spacial score (nSPS) is 12.8. The molecule has 1 atom stereocenters. The number of benzene rings is 2. The molecule has 0 N–H and O–H groups in total. The molecule has 0 amide bonds. The molecule has 0 aliphatic heterocycles. The van der Waals surface area contributed by atoms with Crippen LogP contribution >= 0.6 is 23.1 Å². The molecule has 3 rings (SSSR count). The largest absolute Gasteiger partial charge is 0.377 e. The predicted octanol–water partition coefficient (Wildman–Crippen LogP) is 6.27. The van der Waals surface area contributed by atoms with Crippen LogP contribution in [-0.2, 0) is 11.3 Å². The van der Waals surface area contributed by atoms with Crippen molar-refractivity contribution >= 4 is 33.3 Å². The van der Waals surface area contributed by atoms with E-state index in [9.17, 15) is 0 Å².